The van der Waals surface area contributed by atoms with Crippen molar-refractivity contribution in [1.29, 1.82) is 0 Å². The third kappa shape index (κ3) is 1.62. The molecule has 0 saturated heterocycles. The van der Waals surface area contributed by atoms with Crippen molar-refractivity contribution in [3.05, 3.63) is 34.5 Å². The minimum atomic E-state index is -0.262. The van der Waals surface area contributed by atoms with Crippen LogP contribution in [0.1, 0.15) is 40.0 Å². The van der Waals surface area contributed by atoms with Gasteiger partial charge in [-0.05, 0) is 55.9 Å². The molecule has 0 spiro atoms. The normalized spacial score (nSPS) is 14.6. The first kappa shape index (κ1) is 11.3. The number of rotatable bonds is 1. The van der Waals surface area contributed by atoms with E-state index in [1.54, 1.807) is 0 Å². The molecule has 3 rings (SSSR count). The number of aryl methyl sites for hydroxylation is 3. The molecule has 3 nitrogen and oxygen atoms in total. The van der Waals surface area contributed by atoms with E-state index in [-0.39, 0.29) is 5.97 Å². The molecule has 0 fully saturated rings. The van der Waals surface area contributed by atoms with Gasteiger partial charge in [-0.1, -0.05) is 0 Å². The van der Waals surface area contributed by atoms with Crippen molar-refractivity contribution >= 4 is 16.9 Å². The number of carbonyl (C=O) groups is 1. The Kier molecular flexibility index (Phi) is 2.62. The first-order valence-electron chi connectivity index (χ1n) is 6.43. The maximum atomic E-state index is 11.9. The van der Waals surface area contributed by atoms with Gasteiger partial charge in [-0.15, -0.1) is 0 Å². The topological polar surface area (TPSA) is 42.1 Å². The van der Waals surface area contributed by atoms with E-state index in [0.29, 0.717) is 5.56 Å². The molecule has 0 unspecified atom stereocenters. The number of hydrogen-bond acceptors (Lipinski definition) is 2. The number of ether oxygens (including phenoxy) is 1. The van der Waals surface area contributed by atoms with Gasteiger partial charge in [0.15, 0.2) is 0 Å². The highest BCUT2D eigenvalue weighted by molar-refractivity contribution is 6.04. The summed E-state index contributed by atoms with van der Waals surface area (Å²) in [7, 11) is 1.43. The van der Waals surface area contributed by atoms with E-state index in [1.807, 2.05) is 13.0 Å². The van der Waals surface area contributed by atoms with Crippen LogP contribution in [0.2, 0.25) is 0 Å². The van der Waals surface area contributed by atoms with E-state index in [2.05, 4.69) is 11.1 Å². The van der Waals surface area contributed by atoms with Crippen molar-refractivity contribution in [2.24, 2.45) is 0 Å². The smallest absolute Gasteiger partial charge is 0.340 e. The van der Waals surface area contributed by atoms with Gasteiger partial charge in [0.05, 0.1) is 18.2 Å². The van der Waals surface area contributed by atoms with Gasteiger partial charge in [-0.25, -0.2) is 4.79 Å². The summed E-state index contributed by atoms with van der Waals surface area (Å²) in [5.41, 5.74) is 5.40. The summed E-state index contributed by atoms with van der Waals surface area (Å²) in [6.45, 7) is 2.02. The van der Waals surface area contributed by atoms with Crippen LogP contribution >= 0.6 is 0 Å². The molecule has 0 amide bonds. The monoisotopic (exact) mass is 243 g/mol. The maximum absolute atomic E-state index is 11.9. The van der Waals surface area contributed by atoms with E-state index in [4.69, 9.17) is 4.74 Å². The summed E-state index contributed by atoms with van der Waals surface area (Å²) in [6, 6.07) is 4.07. The van der Waals surface area contributed by atoms with Crippen LogP contribution in [0, 0.1) is 6.92 Å². The summed E-state index contributed by atoms with van der Waals surface area (Å²) in [6.07, 6.45) is 4.66. The molecular formula is C15H17NO2. The third-order valence-corrected chi connectivity index (χ3v) is 3.76. The van der Waals surface area contributed by atoms with Crippen molar-refractivity contribution in [2.45, 2.75) is 32.6 Å². The van der Waals surface area contributed by atoms with Crippen molar-refractivity contribution in [1.82, 2.24) is 4.98 Å². The number of benzene rings is 1. The van der Waals surface area contributed by atoms with Gasteiger partial charge in [0, 0.05) is 11.1 Å². The molecule has 0 aliphatic heterocycles. The van der Waals surface area contributed by atoms with Gasteiger partial charge in [0.25, 0.3) is 0 Å². The summed E-state index contributed by atoms with van der Waals surface area (Å²) < 4.78 is 4.87. The van der Waals surface area contributed by atoms with E-state index < -0.39 is 0 Å². The first-order chi connectivity index (χ1) is 8.70. The predicted molar refractivity (Wildman–Crippen MR) is 71.0 cm³/mol. The largest absolute Gasteiger partial charge is 0.465 e. The molecule has 2 aromatic rings. The number of carbonyl (C=O) groups excluding carboxylic acids is 1. The Morgan fingerprint density at radius 1 is 1.28 bits per heavy atom. The Balaban J connectivity index is 2.30. The van der Waals surface area contributed by atoms with E-state index in [0.717, 1.165) is 23.9 Å². The Morgan fingerprint density at radius 2 is 2.06 bits per heavy atom. The quantitative estimate of drug-likeness (QED) is 0.782. The number of nitrogens with one attached hydrogen (secondary N) is 1. The average Bonchev–Trinajstić information content (AvgIpc) is 2.75. The van der Waals surface area contributed by atoms with Crippen molar-refractivity contribution < 1.29 is 9.53 Å². The summed E-state index contributed by atoms with van der Waals surface area (Å²) >= 11 is 0. The van der Waals surface area contributed by atoms with Crippen molar-refractivity contribution in [2.75, 3.05) is 7.11 Å². The second kappa shape index (κ2) is 4.16. The number of methoxy groups -OCH3 is 1. The average molecular weight is 243 g/mol. The van der Waals surface area contributed by atoms with Gasteiger partial charge in [-0.3, -0.25) is 0 Å². The molecule has 3 heteroatoms. The SMILES string of the molecule is COC(=O)c1cc(C)cc2c3c([nH]c12)CCCC3. The van der Waals surface area contributed by atoms with Crippen LogP contribution in [0.4, 0.5) is 0 Å². The van der Waals surface area contributed by atoms with E-state index in [9.17, 15) is 4.79 Å². The van der Waals surface area contributed by atoms with Crippen molar-refractivity contribution in [3.63, 3.8) is 0 Å². The van der Waals surface area contributed by atoms with Crippen LogP contribution in [0.25, 0.3) is 10.9 Å². The molecule has 1 aliphatic rings. The minimum absolute atomic E-state index is 0.262. The molecule has 0 atom stereocenters. The number of hydrogen-bond donors (Lipinski definition) is 1. The Hall–Kier alpha value is -1.77. The highest BCUT2D eigenvalue weighted by Gasteiger charge is 2.20. The number of H-pyrrole nitrogens is 1. The van der Waals surface area contributed by atoms with E-state index >= 15 is 0 Å². The fourth-order valence-corrected chi connectivity index (χ4v) is 2.92. The minimum Gasteiger partial charge on any atom is -0.465 e. The molecule has 1 aromatic heterocycles. The van der Waals surface area contributed by atoms with Crippen LogP contribution in [-0.4, -0.2) is 18.1 Å². The van der Waals surface area contributed by atoms with Crippen LogP contribution in [0.15, 0.2) is 12.1 Å². The Bertz CT molecular complexity index is 625. The molecule has 1 aliphatic carbocycles. The zero-order valence-electron chi connectivity index (χ0n) is 10.8. The zero-order chi connectivity index (χ0) is 12.7. The molecule has 0 radical (unpaired) electrons. The fraction of sp³-hybridized carbons (Fsp3) is 0.400. The van der Waals surface area contributed by atoms with Gasteiger partial charge < -0.3 is 9.72 Å². The molecule has 94 valence electrons. The zero-order valence-corrected chi connectivity index (χ0v) is 10.8. The predicted octanol–water partition coefficient (Wildman–Crippen LogP) is 3.14. The van der Waals surface area contributed by atoms with Gasteiger partial charge in [-0.2, -0.15) is 0 Å². The van der Waals surface area contributed by atoms with E-state index in [1.165, 1.54) is 36.6 Å². The standard InChI is InChI=1S/C15H17NO2/c1-9-7-11-10-5-3-4-6-13(10)16-14(11)12(8-9)15(17)18-2/h7-8,16H,3-6H2,1-2H3. The molecule has 0 bridgehead atoms. The molecule has 1 aromatic carbocycles. The Labute approximate surface area is 106 Å². The first-order valence-corrected chi connectivity index (χ1v) is 6.43. The summed E-state index contributed by atoms with van der Waals surface area (Å²) in [4.78, 5) is 15.3. The summed E-state index contributed by atoms with van der Waals surface area (Å²) in [5, 5.41) is 1.20. The number of esters is 1. The fourth-order valence-electron chi connectivity index (χ4n) is 2.92. The lowest BCUT2D eigenvalue weighted by atomic mass is 9.94. The maximum Gasteiger partial charge on any atom is 0.340 e. The summed E-state index contributed by atoms with van der Waals surface area (Å²) in [5.74, 6) is -0.262. The highest BCUT2D eigenvalue weighted by atomic mass is 16.5. The lowest BCUT2D eigenvalue weighted by Gasteiger charge is -2.10. The lowest BCUT2D eigenvalue weighted by molar-refractivity contribution is 0.0602. The number of fused-ring (bicyclic) bond motifs is 3. The van der Waals surface area contributed by atoms with Crippen LogP contribution in [0.5, 0.6) is 0 Å². The van der Waals surface area contributed by atoms with Gasteiger partial charge >= 0.3 is 5.97 Å². The number of aromatic nitrogens is 1. The molecule has 18 heavy (non-hydrogen) atoms. The van der Waals surface area contributed by atoms with Crippen LogP contribution < -0.4 is 0 Å². The molecule has 0 saturated carbocycles. The second-order valence-electron chi connectivity index (χ2n) is 5.02. The second-order valence-corrected chi connectivity index (χ2v) is 5.02. The molecular weight excluding hydrogens is 226 g/mol. The number of aromatic amines is 1. The highest BCUT2D eigenvalue weighted by Crippen LogP contribution is 2.31. The molecule has 1 heterocycles. The van der Waals surface area contributed by atoms with Crippen LogP contribution in [0.3, 0.4) is 0 Å². The van der Waals surface area contributed by atoms with Crippen molar-refractivity contribution in [3.8, 4) is 0 Å². The molecule has 1 N–H and O–H groups in total. The van der Waals surface area contributed by atoms with Crippen LogP contribution in [-0.2, 0) is 17.6 Å². The third-order valence-electron chi connectivity index (χ3n) is 3.76. The Morgan fingerprint density at radius 3 is 2.83 bits per heavy atom. The van der Waals surface area contributed by atoms with Gasteiger partial charge in [0.1, 0.15) is 0 Å². The lowest BCUT2D eigenvalue weighted by Crippen LogP contribution is -2.02. The van der Waals surface area contributed by atoms with Gasteiger partial charge in [0.2, 0.25) is 0 Å².